The van der Waals surface area contributed by atoms with E-state index in [4.69, 9.17) is 9.47 Å². The van der Waals surface area contributed by atoms with Gasteiger partial charge >= 0.3 is 17.4 Å². The van der Waals surface area contributed by atoms with Crippen LogP contribution in [0.1, 0.15) is 25.0 Å². The van der Waals surface area contributed by atoms with Crippen molar-refractivity contribution in [2.75, 3.05) is 6.61 Å². The molecule has 0 amide bonds. The van der Waals surface area contributed by atoms with Gasteiger partial charge in [0.1, 0.15) is 17.7 Å². The Morgan fingerprint density at radius 2 is 1.86 bits per heavy atom. The number of carbonyl (C=O) groups is 1. The first-order chi connectivity index (χ1) is 13.5. The van der Waals surface area contributed by atoms with Gasteiger partial charge < -0.3 is 13.9 Å². The van der Waals surface area contributed by atoms with E-state index in [1.165, 1.54) is 13.2 Å². The first-order valence-electron chi connectivity index (χ1n) is 8.79. The molecule has 0 aliphatic rings. The van der Waals surface area contributed by atoms with Gasteiger partial charge in [-0.1, -0.05) is 32.0 Å². The number of benzene rings is 1. The molecule has 148 valence electrons. The fraction of sp³-hybridized carbons (Fsp3) is 0.300. The molecule has 0 N–H and O–H groups in total. The van der Waals surface area contributed by atoms with Crippen LogP contribution < -0.4 is 16.1 Å². The van der Waals surface area contributed by atoms with E-state index >= 15 is 0 Å². The number of aryl methyl sites for hydroxylation is 2. The van der Waals surface area contributed by atoms with Gasteiger partial charge in [-0.2, -0.15) is 0 Å². The second-order valence-corrected chi connectivity index (χ2v) is 5.60. The summed E-state index contributed by atoms with van der Waals surface area (Å²) in [6.45, 7) is 5.30. The van der Waals surface area contributed by atoms with E-state index < -0.39 is 17.4 Å². The van der Waals surface area contributed by atoms with E-state index in [1.54, 1.807) is 31.2 Å². The summed E-state index contributed by atoms with van der Waals surface area (Å²) < 4.78 is 16.3. The van der Waals surface area contributed by atoms with Crippen molar-refractivity contribution in [2.45, 2.75) is 27.4 Å². The summed E-state index contributed by atoms with van der Waals surface area (Å²) in [5.41, 5.74) is 0.432. The largest absolute Gasteiger partial charge is 0.482 e. The summed E-state index contributed by atoms with van der Waals surface area (Å²) in [6.07, 6.45) is 1.50. The van der Waals surface area contributed by atoms with Crippen LogP contribution in [0.4, 0.5) is 0 Å². The zero-order chi connectivity index (χ0) is 20.7. The lowest BCUT2D eigenvalue weighted by Crippen LogP contribution is -2.25. The van der Waals surface area contributed by atoms with Gasteiger partial charge in [0, 0.05) is 18.8 Å². The van der Waals surface area contributed by atoms with Gasteiger partial charge in [-0.3, -0.25) is 4.57 Å². The van der Waals surface area contributed by atoms with Gasteiger partial charge in [0.2, 0.25) is 0 Å². The molecule has 0 unspecified atom stereocenters. The van der Waals surface area contributed by atoms with Crippen molar-refractivity contribution in [1.29, 1.82) is 0 Å². The Balaban J connectivity index is 0.00000136. The van der Waals surface area contributed by atoms with E-state index in [-0.39, 0.29) is 24.2 Å². The fourth-order valence-corrected chi connectivity index (χ4v) is 2.43. The summed E-state index contributed by atoms with van der Waals surface area (Å²) >= 11 is 0. The Labute approximate surface area is 161 Å². The zero-order valence-corrected chi connectivity index (χ0v) is 16.2. The van der Waals surface area contributed by atoms with Crippen LogP contribution in [0.15, 0.2) is 50.5 Å². The van der Waals surface area contributed by atoms with Gasteiger partial charge in [-0.25, -0.2) is 19.4 Å². The summed E-state index contributed by atoms with van der Waals surface area (Å²) in [4.78, 5) is 39.7. The monoisotopic (exact) mass is 386 g/mol. The molecule has 8 nitrogen and oxygen atoms in total. The molecule has 0 radical (unpaired) electrons. The summed E-state index contributed by atoms with van der Waals surface area (Å²) in [5, 5.41) is 0.115. The normalized spacial score (nSPS) is 10.1. The number of para-hydroxylation sites is 1. The second-order valence-electron chi connectivity index (χ2n) is 5.60. The van der Waals surface area contributed by atoms with E-state index in [0.717, 1.165) is 4.57 Å². The summed E-state index contributed by atoms with van der Waals surface area (Å²) in [6, 6.07) is 8.85. The van der Waals surface area contributed by atoms with Crippen LogP contribution >= 0.6 is 0 Å². The SMILES string of the molecule is CC.Cc1cnc2c(c1COC(=O)COc1ccccc1)c(=O)oc(=O)n2C. The van der Waals surface area contributed by atoms with Gasteiger partial charge in [0.25, 0.3) is 0 Å². The lowest BCUT2D eigenvalue weighted by atomic mass is 10.1. The first-order valence-corrected chi connectivity index (χ1v) is 8.79. The molecule has 1 aromatic carbocycles. The van der Waals surface area contributed by atoms with Crippen molar-refractivity contribution in [3.05, 3.63) is 68.6 Å². The number of hydrogen-bond donors (Lipinski definition) is 0. The molecule has 0 aliphatic carbocycles. The number of aromatic nitrogens is 2. The minimum atomic E-state index is -0.814. The highest BCUT2D eigenvalue weighted by Crippen LogP contribution is 2.17. The molecule has 28 heavy (non-hydrogen) atoms. The van der Waals surface area contributed by atoms with Gasteiger partial charge in [0.15, 0.2) is 12.3 Å². The van der Waals surface area contributed by atoms with Crippen LogP contribution in [0.2, 0.25) is 0 Å². The van der Waals surface area contributed by atoms with Crippen LogP contribution in [0.25, 0.3) is 11.0 Å². The van der Waals surface area contributed by atoms with Gasteiger partial charge in [0.05, 0.1) is 0 Å². The number of pyridine rings is 1. The van der Waals surface area contributed by atoms with Gasteiger partial charge in [-0.15, -0.1) is 0 Å². The van der Waals surface area contributed by atoms with Crippen LogP contribution in [0.3, 0.4) is 0 Å². The highest BCUT2D eigenvalue weighted by atomic mass is 16.6. The third-order valence-corrected chi connectivity index (χ3v) is 3.83. The number of ether oxygens (including phenoxy) is 2. The lowest BCUT2D eigenvalue weighted by Gasteiger charge is -2.11. The Bertz CT molecular complexity index is 1070. The fourth-order valence-electron chi connectivity index (χ4n) is 2.43. The number of rotatable bonds is 5. The number of carbonyl (C=O) groups excluding carboxylic acids is 1. The predicted molar refractivity (Wildman–Crippen MR) is 103 cm³/mol. The maximum atomic E-state index is 12.1. The highest BCUT2D eigenvalue weighted by molar-refractivity contribution is 5.79. The van der Waals surface area contributed by atoms with E-state index in [2.05, 4.69) is 9.40 Å². The number of hydrogen-bond acceptors (Lipinski definition) is 7. The molecule has 0 saturated carbocycles. The maximum Gasteiger partial charge on any atom is 0.423 e. The van der Waals surface area contributed by atoms with Crippen LogP contribution in [-0.4, -0.2) is 22.1 Å². The molecule has 3 aromatic rings. The molecule has 0 saturated heterocycles. The smallest absolute Gasteiger partial charge is 0.423 e. The molecular weight excluding hydrogens is 364 g/mol. The zero-order valence-electron chi connectivity index (χ0n) is 16.2. The minimum absolute atomic E-state index is 0.115. The van der Waals surface area contributed by atoms with Crippen LogP contribution in [-0.2, 0) is 23.2 Å². The average Bonchev–Trinajstić information content (AvgIpc) is 2.71. The molecule has 0 fully saturated rings. The van der Waals surface area contributed by atoms with E-state index in [1.807, 2.05) is 19.9 Å². The highest BCUT2D eigenvalue weighted by Gasteiger charge is 2.16. The molecule has 2 heterocycles. The summed E-state index contributed by atoms with van der Waals surface area (Å²) in [5.74, 6) is -0.851. The molecular formula is C20H22N2O6. The van der Waals surface area contributed by atoms with Crippen molar-refractivity contribution in [3.63, 3.8) is 0 Å². The van der Waals surface area contributed by atoms with E-state index in [0.29, 0.717) is 16.9 Å². The van der Waals surface area contributed by atoms with Crippen LogP contribution in [0, 0.1) is 6.92 Å². The number of nitrogens with zero attached hydrogens (tertiary/aromatic N) is 2. The molecule has 0 spiro atoms. The van der Waals surface area contributed by atoms with Crippen molar-refractivity contribution in [1.82, 2.24) is 9.55 Å². The number of esters is 1. The maximum absolute atomic E-state index is 12.1. The Hall–Kier alpha value is -3.42. The van der Waals surface area contributed by atoms with E-state index in [9.17, 15) is 14.4 Å². The van der Waals surface area contributed by atoms with Gasteiger partial charge in [-0.05, 0) is 24.6 Å². The Kier molecular flexibility index (Phi) is 7.08. The standard InChI is InChI=1S/C18H16N2O6.C2H6/c1-11-8-19-16-15(17(22)26-18(23)20(16)2)13(11)9-25-14(21)10-24-12-6-4-3-5-7-12;1-2/h3-8H,9-10H2,1-2H3;1-2H3. The van der Waals surface area contributed by atoms with Crippen molar-refractivity contribution >= 4 is 17.0 Å². The van der Waals surface area contributed by atoms with Crippen LogP contribution in [0.5, 0.6) is 5.75 Å². The molecule has 3 rings (SSSR count). The lowest BCUT2D eigenvalue weighted by molar-refractivity contribution is -0.147. The number of fused-ring (bicyclic) bond motifs is 1. The molecule has 0 atom stereocenters. The predicted octanol–water partition coefficient (Wildman–Crippen LogP) is 2.34. The molecule has 0 bridgehead atoms. The van der Waals surface area contributed by atoms with Crippen molar-refractivity contribution in [3.8, 4) is 5.75 Å². The third kappa shape index (κ3) is 4.64. The summed E-state index contributed by atoms with van der Waals surface area (Å²) in [7, 11) is 1.44. The molecule has 2 aromatic heterocycles. The molecule has 0 aliphatic heterocycles. The topological polar surface area (TPSA) is 101 Å². The molecule has 8 heteroatoms. The van der Waals surface area contributed by atoms with Crippen molar-refractivity contribution < 1.29 is 18.7 Å². The Morgan fingerprint density at radius 1 is 1.18 bits per heavy atom. The second kappa shape index (κ2) is 9.50. The quantitative estimate of drug-likeness (QED) is 0.620. The minimum Gasteiger partial charge on any atom is -0.482 e. The average molecular weight is 386 g/mol. The third-order valence-electron chi connectivity index (χ3n) is 3.83. The van der Waals surface area contributed by atoms with Crippen molar-refractivity contribution in [2.24, 2.45) is 7.05 Å². The Morgan fingerprint density at radius 3 is 2.54 bits per heavy atom. The first kappa shape index (κ1) is 20.9.